The van der Waals surface area contributed by atoms with Gasteiger partial charge in [-0.3, -0.25) is 4.79 Å². The summed E-state index contributed by atoms with van der Waals surface area (Å²) in [4.78, 5) is 14.2. The Hall–Kier alpha value is -1.55. The van der Waals surface area contributed by atoms with Crippen molar-refractivity contribution in [1.29, 1.82) is 0 Å². The van der Waals surface area contributed by atoms with E-state index in [4.69, 9.17) is 10.5 Å². The molecule has 0 spiro atoms. The number of nitrogens with zero attached hydrogens (tertiary/aromatic N) is 1. The van der Waals surface area contributed by atoms with Crippen molar-refractivity contribution < 1.29 is 9.53 Å². The monoisotopic (exact) mass is 262 g/mol. The van der Waals surface area contributed by atoms with E-state index >= 15 is 0 Å². The highest BCUT2D eigenvalue weighted by Crippen LogP contribution is 2.31. The van der Waals surface area contributed by atoms with Crippen molar-refractivity contribution in [1.82, 2.24) is 0 Å². The lowest BCUT2D eigenvalue weighted by molar-refractivity contribution is -0.120. The zero-order valence-corrected chi connectivity index (χ0v) is 11.8. The van der Waals surface area contributed by atoms with E-state index in [2.05, 4.69) is 0 Å². The van der Waals surface area contributed by atoms with Crippen molar-refractivity contribution in [3.05, 3.63) is 23.8 Å². The van der Waals surface area contributed by atoms with Gasteiger partial charge in [0.25, 0.3) is 0 Å². The highest BCUT2D eigenvalue weighted by Gasteiger charge is 2.28. The molecule has 0 fully saturated rings. The number of hydrogen-bond donors (Lipinski definition) is 1. The zero-order chi connectivity index (χ0) is 14.0. The van der Waals surface area contributed by atoms with Crippen molar-refractivity contribution in [3.8, 4) is 5.75 Å². The van der Waals surface area contributed by atoms with Crippen molar-refractivity contribution in [2.75, 3.05) is 18.6 Å². The van der Waals surface area contributed by atoms with Gasteiger partial charge in [0.15, 0.2) is 0 Å². The van der Waals surface area contributed by atoms with Crippen LogP contribution in [0.25, 0.3) is 0 Å². The van der Waals surface area contributed by atoms with Crippen LogP contribution in [0.3, 0.4) is 0 Å². The number of anilines is 1. The number of rotatable bonds is 3. The second kappa shape index (κ2) is 5.61. The molecule has 1 aliphatic rings. The normalized spacial score (nSPS) is 16.2. The molecule has 2 N–H and O–H groups in total. The quantitative estimate of drug-likeness (QED) is 0.906. The van der Waals surface area contributed by atoms with E-state index < -0.39 is 6.04 Å². The van der Waals surface area contributed by atoms with Crippen LogP contribution in [0.5, 0.6) is 5.75 Å². The molecule has 19 heavy (non-hydrogen) atoms. The van der Waals surface area contributed by atoms with Crippen LogP contribution in [0.1, 0.15) is 25.8 Å². The van der Waals surface area contributed by atoms with Gasteiger partial charge in [-0.05, 0) is 42.5 Å². The van der Waals surface area contributed by atoms with E-state index in [1.54, 1.807) is 7.11 Å². The summed E-state index contributed by atoms with van der Waals surface area (Å²) in [5, 5.41) is 0. The third-order valence-electron chi connectivity index (χ3n) is 3.67. The van der Waals surface area contributed by atoms with Gasteiger partial charge >= 0.3 is 0 Å². The molecule has 0 saturated carbocycles. The van der Waals surface area contributed by atoms with Gasteiger partial charge in [0.2, 0.25) is 5.91 Å². The zero-order valence-electron chi connectivity index (χ0n) is 11.8. The summed E-state index contributed by atoms with van der Waals surface area (Å²) in [5.74, 6) is 0.999. The standard InChI is InChI=1S/C15H22N2O2/c1-10(2)14(16)15(18)17-8-4-5-11-9-12(19-3)6-7-13(11)17/h6-7,9-10,14H,4-5,8,16H2,1-3H3. The third kappa shape index (κ3) is 2.73. The SMILES string of the molecule is COc1ccc2c(c1)CCCN2C(=O)C(N)C(C)C. The smallest absolute Gasteiger partial charge is 0.244 e. The molecule has 1 aromatic carbocycles. The van der Waals surface area contributed by atoms with E-state index in [9.17, 15) is 4.79 Å². The predicted octanol–water partition coefficient (Wildman–Crippen LogP) is 1.96. The number of carbonyl (C=O) groups is 1. The lowest BCUT2D eigenvalue weighted by Crippen LogP contribution is -2.48. The first-order valence-corrected chi connectivity index (χ1v) is 6.78. The molecule has 0 aromatic heterocycles. The first-order chi connectivity index (χ1) is 9.04. The van der Waals surface area contributed by atoms with Gasteiger partial charge in [-0.2, -0.15) is 0 Å². The molecule has 1 heterocycles. The number of methoxy groups -OCH3 is 1. The number of ether oxygens (including phenoxy) is 1. The Labute approximate surface area is 114 Å². The van der Waals surface area contributed by atoms with Crippen LogP contribution in [-0.4, -0.2) is 25.6 Å². The molecule has 4 heteroatoms. The Bertz CT molecular complexity index is 471. The van der Waals surface area contributed by atoms with E-state index in [0.717, 1.165) is 36.4 Å². The minimum Gasteiger partial charge on any atom is -0.497 e. The Kier molecular flexibility index (Phi) is 4.10. The van der Waals surface area contributed by atoms with Gasteiger partial charge in [-0.15, -0.1) is 0 Å². The fourth-order valence-electron chi connectivity index (χ4n) is 2.39. The maximum absolute atomic E-state index is 12.4. The van der Waals surface area contributed by atoms with Gasteiger partial charge in [0.1, 0.15) is 5.75 Å². The van der Waals surface area contributed by atoms with E-state index in [1.165, 1.54) is 0 Å². The molecular formula is C15H22N2O2. The van der Waals surface area contributed by atoms with Crippen molar-refractivity contribution in [2.24, 2.45) is 11.7 Å². The summed E-state index contributed by atoms with van der Waals surface area (Å²) in [7, 11) is 1.65. The highest BCUT2D eigenvalue weighted by molar-refractivity contribution is 5.98. The van der Waals surface area contributed by atoms with Crippen LogP contribution in [0.4, 0.5) is 5.69 Å². The molecule has 4 nitrogen and oxygen atoms in total. The Morgan fingerprint density at radius 1 is 1.42 bits per heavy atom. The maximum Gasteiger partial charge on any atom is 0.244 e. The Balaban J connectivity index is 2.29. The van der Waals surface area contributed by atoms with E-state index in [-0.39, 0.29) is 11.8 Å². The number of carbonyl (C=O) groups excluding carboxylic acids is 1. The topological polar surface area (TPSA) is 55.6 Å². The Morgan fingerprint density at radius 3 is 2.79 bits per heavy atom. The van der Waals surface area contributed by atoms with Gasteiger partial charge < -0.3 is 15.4 Å². The molecule has 1 unspecified atom stereocenters. The molecule has 1 aliphatic heterocycles. The van der Waals surface area contributed by atoms with Gasteiger partial charge in [-0.1, -0.05) is 13.8 Å². The first kappa shape index (κ1) is 13.9. The minimum atomic E-state index is -0.437. The highest BCUT2D eigenvalue weighted by atomic mass is 16.5. The fraction of sp³-hybridized carbons (Fsp3) is 0.533. The molecule has 0 bridgehead atoms. The van der Waals surface area contributed by atoms with E-state index in [1.807, 2.05) is 36.9 Å². The lowest BCUT2D eigenvalue weighted by atomic mass is 9.98. The minimum absolute atomic E-state index is 0.0149. The summed E-state index contributed by atoms with van der Waals surface area (Å²) in [6.07, 6.45) is 1.95. The molecule has 0 aliphatic carbocycles. The predicted molar refractivity (Wildman–Crippen MR) is 76.5 cm³/mol. The number of amides is 1. The van der Waals surface area contributed by atoms with Crippen LogP contribution >= 0.6 is 0 Å². The van der Waals surface area contributed by atoms with Crippen molar-refractivity contribution in [2.45, 2.75) is 32.7 Å². The van der Waals surface area contributed by atoms with Crippen LogP contribution < -0.4 is 15.4 Å². The average Bonchev–Trinajstić information content (AvgIpc) is 2.44. The summed E-state index contributed by atoms with van der Waals surface area (Å²) in [6, 6.07) is 5.42. The first-order valence-electron chi connectivity index (χ1n) is 6.78. The second-order valence-corrected chi connectivity index (χ2v) is 5.36. The van der Waals surface area contributed by atoms with Crippen LogP contribution in [0, 0.1) is 5.92 Å². The maximum atomic E-state index is 12.4. The molecule has 1 atom stereocenters. The molecule has 1 aromatic rings. The number of benzene rings is 1. The number of aryl methyl sites for hydroxylation is 1. The van der Waals surface area contributed by atoms with Crippen LogP contribution in [0.2, 0.25) is 0 Å². The largest absolute Gasteiger partial charge is 0.497 e. The summed E-state index contributed by atoms with van der Waals surface area (Å²) in [6.45, 7) is 4.70. The lowest BCUT2D eigenvalue weighted by Gasteiger charge is -2.32. The molecule has 1 amide bonds. The van der Waals surface area contributed by atoms with Crippen LogP contribution in [-0.2, 0) is 11.2 Å². The van der Waals surface area contributed by atoms with E-state index in [0.29, 0.717) is 0 Å². The molecule has 2 rings (SSSR count). The number of hydrogen-bond acceptors (Lipinski definition) is 3. The number of nitrogens with two attached hydrogens (primary N) is 1. The molecular weight excluding hydrogens is 240 g/mol. The summed E-state index contributed by atoms with van der Waals surface area (Å²) >= 11 is 0. The second-order valence-electron chi connectivity index (χ2n) is 5.36. The molecule has 0 radical (unpaired) electrons. The van der Waals surface area contributed by atoms with Gasteiger partial charge in [0.05, 0.1) is 13.2 Å². The molecule has 104 valence electrons. The number of fused-ring (bicyclic) bond motifs is 1. The van der Waals surface area contributed by atoms with Crippen LogP contribution in [0.15, 0.2) is 18.2 Å². The van der Waals surface area contributed by atoms with Crippen molar-refractivity contribution in [3.63, 3.8) is 0 Å². The average molecular weight is 262 g/mol. The third-order valence-corrected chi connectivity index (χ3v) is 3.67. The Morgan fingerprint density at radius 2 is 2.16 bits per heavy atom. The summed E-state index contributed by atoms with van der Waals surface area (Å²) in [5.41, 5.74) is 8.13. The fourth-order valence-corrected chi connectivity index (χ4v) is 2.39. The summed E-state index contributed by atoms with van der Waals surface area (Å²) < 4.78 is 5.23. The van der Waals surface area contributed by atoms with Crippen molar-refractivity contribution >= 4 is 11.6 Å². The molecule has 0 saturated heterocycles. The van der Waals surface area contributed by atoms with Gasteiger partial charge in [0, 0.05) is 12.2 Å². The van der Waals surface area contributed by atoms with Gasteiger partial charge in [-0.25, -0.2) is 0 Å².